The van der Waals surface area contributed by atoms with Gasteiger partial charge in [0.2, 0.25) is 0 Å². The Kier molecular flexibility index (Phi) is 6.75. The van der Waals surface area contributed by atoms with Crippen molar-refractivity contribution in [3.8, 4) is 0 Å². The van der Waals surface area contributed by atoms with E-state index in [0.717, 1.165) is 13.0 Å². The Bertz CT molecular complexity index is 778. The Morgan fingerprint density at radius 2 is 2.00 bits per heavy atom. The van der Waals surface area contributed by atoms with Crippen molar-refractivity contribution in [3.05, 3.63) is 61.8 Å². The molecular formula is C18H22ClN3O3S. The van der Waals surface area contributed by atoms with E-state index in [1.807, 2.05) is 11.3 Å². The number of hydrogen-bond donors (Lipinski definition) is 1. The molecular weight excluding hydrogens is 374 g/mol. The number of rotatable bonds is 5. The molecule has 3 rings (SSSR count). The second kappa shape index (κ2) is 8.62. The van der Waals surface area contributed by atoms with Crippen molar-refractivity contribution in [2.24, 2.45) is 0 Å². The van der Waals surface area contributed by atoms with Crippen molar-refractivity contribution in [2.75, 3.05) is 13.1 Å². The molecule has 140 valence electrons. The molecule has 26 heavy (non-hydrogen) atoms. The molecule has 0 saturated heterocycles. The Morgan fingerprint density at radius 3 is 2.65 bits per heavy atom. The highest BCUT2D eigenvalue weighted by atomic mass is 35.5. The molecule has 1 N–H and O–H groups in total. The summed E-state index contributed by atoms with van der Waals surface area (Å²) in [5.41, 5.74) is 1.81. The fourth-order valence-electron chi connectivity index (χ4n) is 3.38. The topological polar surface area (TPSA) is 75.5 Å². The van der Waals surface area contributed by atoms with Crippen molar-refractivity contribution in [3.63, 3.8) is 0 Å². The summed E-state index contributed by atoms with van der Waals surface area (Å²) in [6, 6.07) is 8.65. The largest absolute Gasteiger partial charge is 0.351 e. The first kappa shape index (κ1) is 20.4. The lowest BCUT2D eigenvalue weighted by molar-refractivity contribution is -0.384. The van der Waals surface area contributed by atoms with Crippen LogP contribution in [0, 0.1) is 10.1 Å². The summed E-state index contributed by atoms with van der Waals surface area (Å²) >= 11 is 1.82. The smallest absolute Gasteiger partial charge is 0.269 e. The van der Waals surface area contributed by atoms with Gasteiger partial charge in [0.25, 0.3) is 11.6 Å². The van der Waals surface area contributed by atoms with Crippen LogP contribution in [0.5, 0.6) is 0 Å². The molecule has 0 spiro atoms. The third-order valence-electron chi connectivity index (χ3n) is 4.77. The van der Waals surface area contributed by atoms with Crippen LogP contribution in [0.2, 0.25) is 0 Å². The van der Waals surface area contributed by atoms with E-state index in [1.165, 1.54) is 34.7 Å². The van der Waals surface area contributed by atoms with E-state index in [2.05, 4.69) is 35.5 Å². The van der Waals surface area contributed by atoms with Crippen molar-refractivity contribution < 1.29 is 9.72 Å². The molecule has 1 aliphatic heterocycles. The van der Waals surface area contributed by atoms with E-state index in [0.29, 0.717) is 24.2 Å². The van der Waals surface area contributed by atoms with E-state index >= 15 is 0 Å². The minimum atomic E-state index is -0.473. The van der Waals surface area contributed by atoms with E-state index in [4.69, 9.17) is 0 Å². The molecule has 2 heterocycles. The van der Waals surface area contributed by atoms with E-state index in [1.54, 1.807) is 0 Å². The number of halogens is 1. The van der Waals surface area contributed by atoms with Gasteiger partial charge in [0.15, 0.2) is 0 Å². The number of nitro groups is 1. The SMILES string of the molecule is C[C@@H]1Cc2sccc2[C@@H](C)N1CCNC(=O)c1ccc([N+](=O)[O-])cc1.Cl. The molecule has 2 atom stereocenters. The van der Waals surface area contributed by atoms with Crippen LogP contribution < -0.4 is 5.32 Å². The van der Waals surface area contributed by atoms with Gasteiger partial charge in [0, 0.05) is 47.7 Å². The van der Waals surface area contributed by atoms with Gasteiger partial charge in [-0.15, -0.1) is 23.7 Å². The highest BCUT2D eigenvalue weighted by molar-refractivity contribution is 7.10. The van der Waals surface area contributed by atoms with Gasteiger partial charge in [-0.3, -0.25) is 19.8 Å². The van der Waals surface area contributed by atoms with Crippen LogP contribution in [0.4, 0.5) is 5.69 Å². The molecule has 1 aliphatic rings. The lowest BCUT2D eigenvalue weighted by Crippen LogP contribution is -2.44. The monoisotopic (exact) mass is 395 g/mol. The van der Waals surface area contributed by atoms with E-state index < -0.39 is 4.92 Å². The van der Waals surface area contributed by atoms with Crippen molar-refractivity contribution >= 4 is 35.3 Å². The van der Waals surface area contributed by atoms with Crippen LogP contribution in [0.1, 0.15) is 40.7 Å². The average Bonchev–Trinajstić information content (AvgIpc) is 3.06. The normalized spacial score (nSPS) is 19.3. The van der Waals surface area contributed by atoms with Gasteiger partial charge in [0.05, 0.1) is 4.92 Å². The van der Waals surface area contributed by atoms with Crippen molar-refractivity contribution in [1.29, 1.82) is 0 Å². The summed E-state index contributed by atoms with van der Waals surface area (Å²) in [5.74, 6) is -0.205. The number of fused-ring (bicyclic) bond motifs is 1. The van der Waals surface area contributed by atoms with E-state index in [9.17, 15) is 14.9 Å². The summed E-state index contributed by atoms with van der Waals surface area (Å²) < 4.78 is 0. The predicted octanol–water partition coefficient (Wildman–Crippen LogP) is 3.82. The molecule has 0 bridgehead atoms. The maximum absolute atomic E-state index is 12.2. The Morgan fingerprint density at radius 1 is 1.31 bits per heavy atom. The number of benzene rings is 1. The van der Waals surface area contributed by atoms with Crippen LogP contribution in [0.3, 0.4) is 0 Å². The average molecular weight is 396 g/mol. The lowest BCUT2D eigenvalue weighted by atomic mass is 9.96. The van der Waals surface area contributed by atoms with Gasteiger partial charge < -0.3 is 5.32 Å². The third kappa shape index (κ3) is 4.23. The molecule has 6 nitrogen and oxygen atoms in total. The summed E-state index contributed by atoms with van der Waals surface area (Å²) in [6.45, 7) is 5.75. The Labute approximate surface area is 162 Å². The maximum atomic E-state index is 12.2. The van der Waals surface area contributed by atoms with E-state index in [-0.39, 0.29) is 24.0 Å². The molecule has 1 aromatic carbocycles. The number of carbonyl (C=O) groups is 1. The summed E-state index contributed by atoms with van der Waals surface area (Å²) in [6.07, 6.45) is 1.05. The fourth-order valence-corrected chi connectivity index (χ4v) is 4.47. The molecule has 0 unspecified atom stereocenters. The Balaban J connectivity index is 0.00000243. The van der Waals surface area contributed by atoms with Crippen LogP contribution in [-0.2, 0) is 6.42 Å². The van der Waals surface area contributed by atoms with Crippen LogP contribution in [0.15, 0.2) is 35.7 Å². The number of nitro benzene ring substituents is 1. The minimum absolute atomic E-state index is 0. The van der Waals surface area contributed by atoms with Gasteiger partial charge in [-0.25, -0.2) is 0 Å². The Hall–Kier alpha value is -1.96. The quantitative estimate of drug-likeness (QED) is 0.616. The van der Waals surface area contributed by atoms with Crippen LogP contribution in [-0.4, -0.2) is 34.9 Å². The van der Waals surface area contributed by atoms with Gasteiger partial charge >= 0.3 is 0 Å². The number of nitrogens with zero attached hydrogens (tertiary/aromatic N) is 2. The predicted molar refractivity (Wildman–Crippen MR) is 105 cm³/mol. The highest BCUT2D eigenvalue weighted by Crippen LogP contribution is 2.35. The standard InChI is InChI=1S/C18H21N3O3S.ClH/c1-12-11-17-16(7-10-25-17)13(2)20(12)9-8-19-18(22)14-3-5-15(6-4-14)21(23)24;/h3-7,10,12-13H,8-9,11H2,1-2H3,(H,19,22);1H/t12-,13-;/m1./s1. The molecule has 2 aromatic rings. The second-order valence-electron chi connectivity index (χ2n) is 6.33. The molecule has 1 amide bonds. The number of hydrogen-bond acceptors (Lipinski definition) is 5. The maximum Gasteiger partial charge on any atom is 0.269 e. The molecule has 0 saturated carbocycles. The summed E-state index contributed by atoms with van der Waals surface area (Å²) in [4.78, 5) is 26.2. The van der Waals surface area contributed by atoms with Crippen molar-refractivity contribution in [1.82, 2.24) is 10.2 Å². The number of thiophene rings is 1. The van der Waals surface area contributed by atoms with Gasteiger partial charge in [-0.2, -0.15) is 0 Å². The van der Waals surface area contributed by atoms with Gasteiger partial charge in [-0.1, -0.05) is 0 Å². The van der Waals surface area contributed by atoms with Crippen LogP contribution in [0.25, 0.3) is 0 Å². The van der Waals surface area contributed by atoms with Crippen molar-refractivity contribution in [2.45, 2.75) is 32.4 Å². The number of nitrogens with one attached hydrogen (secondary N) is 1. The summed E-state index contributed by atoms with van der Waals surface area (Å²) in [5, 5.41) is 15.7. The number of amides is 1. The minimum Gasteiger partial charge on any atom is -0.351 e. The first-order valence-electron chi connectivity index (χ1n) is 8.32. The molecule has 0 aliphatic carbocycles. The van der Waals surface area contributed by atoms with Crippen LogP contribution >= 0.6 is 23.7 Å². The molecule has 0 radical (unpaired) electrons. The fraction of sp³-hybridized carbons (Fsp3) is 0.389. The summed E-state index contributed by atoms with van der Waals surface area (Å²) in [7, 11) is 0. The van der Waals surface area contributed by atoms with Gasteiger partial charge in [-0.05, 0) is 49.4 Å². The second-order valence-corrected chi connectivity index (χ2v) is 7.33. The zero-order valence-electron chi connectivity index (χ0n) is 14.7. The first-order valence-corrected chi connectivity index (χ1v) is 9.20. The first-order chi connectivity index (χ1) is 12.0. The lowest BCUT2D eigenvalue weighted by Gasteiger charge is -2.39. The zero-order chi connectivity index (χ0) is 18.0. The zero-order valence-corrected chi connectivity index (χ0v) is 16.3. The number of carbonyl (C=O) groups excluding carboxylic acids is 1. The molecule has 8 heteroatoms. The highest BCUT2D eigenvalue weighted by Gasteiger charge is 2.29. The van der Waals surface area contributed by atoms with Gasteiger partial charge in [0.1, 0.15) is 0 Å². The number of non-ortho nitro benzene ring substituents is 1. The molecule has 1 aromatic heterocycles. The third-order valence-corrected chi connectivity index (χ3v) is 5.73. The molecule has 0 fully saturated rings.